The van der Waals surface area contributed by atoms with Crippen molar-refractivity contribution in [2.24, 2.45) is 5.41 Å². The number of amides is 1. The molecule has 0 spiro atoms. The number of hydrogen-bond acceptors (Lipinski definition) is 7. The fourth-order valence-electron chi connectivity index (χ4n) is 6.56. The van der Waals surface area contributed by atoms with E-state index >= 15 is 0 Å². The summed E-state index contributed by atoms with van der Waals surface area (Å²) in [6.45, 7) is 8.52. The first-order valence-corrected chi connectivity index (χ1v) is 13.1. The average molecular weight is 517 g/mol. The maximum absolute atomic E-state index is 13.4. The predicted molar refractivity (Wildman–Crippen MR) is 137 cm³/mol. The average Bonchev–Trinajstić information content (AvgIpc) is 3.42. The molecule has 0 bridgehead atoms. The van der Waals surface area contributed by atoms with Crippen molar-refractivity contribution in [3.05, 3.63) is 29.8 Å². The summed E-state index contributed by atoms with van der Waals surface area (Å²) in [7, 11) is 2.59. The molecule has 0 radical (unpaired) electrons. The van der Waals surface area contributed by atoms with Crippen LogP contribution in [0.25, 0.3) is 0 Å². The molecule has 1 unspecified atom stereocenters. The van der Waals surface area contributed by atoms with Crippen LogP contribution in [0.15, 0.2) is 24.3 Å². The van der Waals surface area contributed by atoms with Gasteiger partial charge >= 0.3 is 19.2 Å². The van der Waals surface area contributed by atoms with Gasteiger partial charge in [-0.25, -0.2) is 9.59 Å². The van der Waals surface area contributed by atoms with Crippen molar-refractivity contribution < 1.29 is 38.2 Å². The summed E-state index contributed by atoms with van der Waals surface area (Å²) in [6, 6.07) is 7.59. The third-order valence-corrected chi connectivity index (χ3v) is 9.14. The van der Waals surface area contributed by atoms with Gasteiger partial charge in [-0.3, -0.25) is 4.90 Å². The topological polar surface area (TPSA) is 104 Å². The van der Waals surface area contributed by atoms with E-state index in [2.05, 4.69) is 0 Å². The zero-order valence-corrected chi connectivity index (χ0v) is 22.9. The van der Waals surface area contributed by atoms with Crippen molar-refractivity contribution >= 4 is 19.2 Å². The van der Waals surface area contributed by atoms with Crippen molar-refractivity contribution in [2.45, 2.75) is 95.6 Å². The maximum atomic E-state index is 13.4. The zero-order valence-electron chi connectivity index (χ0n) is 22.9. The fraction of sp³-hybridized carbons (Fsp3) is 0.704. The van der Waals surface area contributed by atoms with Gasteiger partial charge in [0.15, 0.2) is 5.54 Å². The van der Waals surface area contributed by atoms with Gasteiger partial charge in [0, 0.05) is 5.41 Å². The van der Waals surface area contributed by atoms with Gasteiger partial charge in [-0.15, -0.1) is 0 Å². The molecule has 2 heterocycles. The van der Waals surface area contributed by atoms with Crippen LogP contribution in [0.4, 0.5) is 4.79 Å². The summed E-state index contributed by atoms with van der Waals surface area (Å²) in [5.74, 6) is 0.250. The molecule has 1 aliphatic carbocycles. The van der Waals surface area contributed by atoms with Gasteiger partial charge in [0.2, 0.25) is 0 Å². The number of carbonyl (C=O) groups is 2. The number of methoxy groups -OCH3 is 2. The van der Waals surface area contributed by atoms with Crippen molar-refractivity contribution in [1.29, 1.82) is 0 Å². The van der Waals surface area contributed by atoms with E-state index in [0.29, 0.717) is 38.6 Å². The molecule has 4 rings (SSSR count). The highest BCUT2D eigenvalue weighted by atomic mass is 16.7. The summed E-state index contributed by atoms with van der Waals surface area (Å²) in [5, 5.41) is 10.2. The Morgan fingerprint density at radius 3 is 2.30 bits per heavy atom. The third kappa shape index (κ3) is 4.61. The third-order valence-electron chi connectivity index (χ3n) is 9.14. The summed E-state index contributed by atoms with van der Waals surface area (Å²) >= 11 is 0. The minimum absolute atomic E-state index is 0.122. The summed E-state index contributed by atoms with van der Waals surface area (Å²) in [5.41, 5.74) is -1.86. The van der Waals surface area contributed by atoms with Gasteiger partial charge in [-0.2, -0.15) is 0 Å². The highest BCUT2D eigenvalue weighted by Crippen LogP contribution is 2.61. The molecule has 0 aromatic heterocycles. The quantitative estimate of drug-likeness (QED) is 0.377. The van der Waals surface area contributed by atoms with Crippen LogP contribution >= 0.6 is 0 Å². The van der Waals surface area contributed by atoms with Crippen molar-refractivity contribution in [3.8, 4) is 5.75 Å². The Kier molecular flexibility index (Phi) is 7.58. The minimum atomic E-state index is -1.27. The number of carboxylic acid groups (broad SMARTS) is 1. The van der Waals surface area contributed by atoms with E-state index in [1.807, 2.05) is 52.0 Å². The number of benzene rings is 1. The van der Waals surface area contributed by atoms with Crippen LogP contribution in [0.1, 0.15) is 65.4 Å². The standard InChI is InChI=1S/C27H40BNO8/c1-24(2)25(3,4)37-28(36-24)16-8-14-26-13-7-15-27(26,22(30)34-6)29(23(31)32)17-21(26)35-18-19-9-11-20(33-5)12-10-19/h9-12,21H,7-8,13-18H2,1-6H3,(H,31,32)/t21?,26-,27-/m1/s1. The van der Waals surface area contributed by atoms with E-state index < -0.39 is 40.3 Å². The number of carbonyl (C=O) groups excluding carboxylic acids is 1. The summed E-state index contributed by atoms with van der Waals surface area (Å²) < 4.78 is 29.3. The van der Waals surface area contributed by atoms with Crippen LogP contribution in [0.3, 0.4) is 0 Å². The van der Waals surface area contributed by atoms with Gasteiger partial charge in [0.05, 0.1) is 44.7 Å². The Hall–Kier alpha value is -2.30. The second-order valence-electron chi connectivity index (χ2n) is 11.5. The van der Waals surface area contributed by atoms with Gasteiger partial charge in [0.25, 0.3) is 0 Å². The molecule has 3 fully saturated rings. The number of esters is 1. The maximum Gasteiger partial charge on any atom is 0.457 e. The van der Waals surface area contributed by atoms with Crippen LogP contribution in [-0.2, 0) is 30.2 Å². The second kappa shape index (κ2) is 10.1. The molecule has 37 heavy (non-hydrogen) atoms. The van der Waals surface area contributed by atoms with Gasteiger partial charge in [-0.05, 0) is 77.4 Å². The van der Waals surface area contributed by atoms with E-state index in [-0.39, 0.29) is 13.7 Å². The van der Waals surface area contributed by atoms with Crippen molar-refractivity contribution in [1.82, 2.24) is 4.90 Å². The van der Waals surface area contributed by atoms with Crippen LogP contribution in [0.2, 0.25) is 6.32 Å². The number of rotatable bonds is 9. The SMILES string of the molecule is COC(=O)[C@]12CCC[C@@]1(CCCB1OC(C)(C)C(C)(C)O1)C(OCc1ccc(OC)cc1)CN2C(=O)O. The number of likely N-dealkylation sites (tertiary alicyclic amines) is 1. The lowest BCUT2D eigenvalue weighted by molar-refractivity contribution is -0.160. The first-order chi connectivity index (χ1) is 17.4. The summed E-state index contributed by atoms with van der Waals surface area (Å²) in [4.78, 5) is 27.1. The zero-order chi connectivity index (χ0) is 27.1. The largest absolute Gasteiger partial charge is 0.497 e. The second-order valence-corrected chi connectivity index (χ2v) is 11.5. The molecule has 204 valence electrons. The van der Waals surface area contributed by atoms with Gasteiger partial charge in [0.1, 0.15) is 5.75 Å². The van der Waals surface area contributed by atoms with Gasteiger partial charge in [-0.1, -0.05) is 18.6 Å². The summed E-state index contributed by atoms with van der Waals surface area (Å²) in [6.07, 6.45) is 2.19. The molecule has 10 heteroatoms. The number of ether oxygens (including phenoxy) is 3. The Labute approximate surface area is 219 Å². The molecule has 2 saturated heterocycles. The Morgan fingerprint density at radius 2 is 1.73 bits per heavy atom. The van der Waals surface area contributed by atoms with E-state index in [1.54, 1.807) is 7.11 Å². The van der Waals surface area contributed by atoms with E-state index in [9.17, 15) is 14.7 Å². The highest BCUT2D eigenvalue weighted by Gasteiger charge is 2.72. The minimum Gasteiger partial charge on any atom is -0.497 e. The predicted octanol–water partition coefficient (Wildman–Crippen LogP) is 4.53. The Morgan fingerprint density at radius 1 is 1.08 bits per heavy atom. The van der Waals surface area contributed by atoms with Crippen molar-refractivity contribution in [3.63, 3.8) is 0 Å². The first kappa shape index (κ1) is 27.7. The number of hydrogen-bond donors (Lipinski definition) is 1. The van der Waals surface area contributed by atoms with E-state index in [4.69, 9.17) is 23.5 Å². The fourth-order valence-corrected chi connectivity index (χ4v) is 6.56. The molecular weight excluding hydrogens is 477 g/mol. The van der Waals surface area contributed by atoms with Crippen LogP contribution < -0.4 is 4.74 Å². The number of fused-ring (bicyclic) bond motifs is 1. The van der Waals surface area contributed by atoms with Gasteiger partial charge < -0.3 is 28.6 Å². The molecular formula is C27H40BNO8. The molecule has 1 aromatic carbocycles. The monoisotopic (exact) mass is 517 g/mol. The van der Waals surface area contributed by atoms with Crippen LogP contribution in [0, 0.1) is 5.41 Å². The normalized spacial score (nSPS) is 29.8. The van der Waals surface area contributed by atoms with Crippen LogP contribution in [-0.4, -0.2) is 72.8 Å². The lowest BCUT2D eigenvalue weighted by atomic mass is 9.66. The highest BCUT2D eigenvalue weighted by molar-refractivity contribution is 6.45. The Bertz CT molecular complexity index is 983. The van der Waals surface area contributed by atoms with E-state index in [1.165, 1.54) is 12.0 Å². The van der Waals surface area contributed by atoms with Crippen molar-refractivity contribution in [2.75, 3.05) is 20.8 Å². The first-order valence-electron chi connectivity index (χ1n) is 13.1. The lowest BCUT2D eigenvalue weighted by Gasteiger charge is -2.43. The molecule has 1 aromatic rings. The molecule has 1 saturated carbocycles. The van der Waals surface area contributed by atoms with Crippen LogP contribution in [0.5, 0.6) is 5.75 Å². The Balaban J connectivity index is 1.58. The molecule has 2 aliphatic heterocycles. The lowest BCUT2D eigenvalue weighted by Crippen LogP contribution is -2.59. The molecule has 3 aliphatic rings. The smallest absolute Gasteiger partial charge is 0.457 e. The molecule has 3 atom stereocenters. The number of nitrogens with zero attached hydrogens (tertiary/aromatic N) is 1. The molecule has 1 N–H and O–H groups in total. The molecule has 1 amide bonds. The molecule has 9 nitrogen and oxygen atoms in total. The van der Waals surface area contributed by atoms with E-state index in [0.717, 1.165) is 17.7 Å².